The molecule has 0 radical (unpaired) electrons. The van der Waals surface area contributed by atoms with Crippen molar-refractivity contribution in [2.75, 3.05) is 55.1 Å². The van der Waals surface area contributed by atoms with Crippen LogP contribution >= 0.6 is 34.0 Å². The highest BCUT2D eigenvalue weighted by molar-refractivity contribution is 8.93. The lowest BCUT2D eigenvalue weighted by Crippen LogP contribution is -2.56. The molecule has 272 valence electrons. The number of carbonyl (C=O) groups is 1. The number of benzene rings is 4. The van der Waals surface area contributed by atoms with Gasteiger partial charge in [-0.2, -0.15) is 0 Å². The van der Waals surface area contributed by atoms with E-state index in [1.165, 1.54) is 12.7 Å². The fourth-order valence-corrected chi connectivity index (χ4v) is 7.82. The molecule has 10 nitrogen and oxygen atoms in total. The van der Waals surface area contributed by atoms with Crippen LogP contribution < -0.4 is 28.8 Å². The molecule has 3 unspecified atom stereocenters. The first-order valence-corrected chi connectivity index (χ1v) is 16.6. The number of quaternary nitrogens is 1. The van der Waals surface area contributed by atoms with Gasteiger partial charge in [-0.1, -0.05) is 18.2 Å². The second kappa shape index (κ2) is 15.3. The number of likely N-dealkylation sites (N-methyl/N-ethyl adjacent to an activating group) is 2. The molecular weight excluding hydrogens is 784 g/mol. The first-order valence-electron chi connectivity index (χ1n) is 16.6. The zero-order valence-corrected chi connectivity index (χ0v) is 32.8. The van der Waals surface area contributed by atoms with E-state index in [-0.39, 0.29) is 68.3 Å². The maximum atomic E-state index is 12.3. The van der Waals surface area contributed by atoms with Crippen LogP contribution in [0.3, 0.4) is 0 Å². The van der Waals surface area contributed by atoms with Crippen molar-refractivity contribution < 1.29 is 43.2 Å². The number of aromatic hydroxyl groups is 1. The molecule has 0 aromatic heterocycles. The van der Waals surface area contributed by atoms with Crippen LogP contribution in [0.15, 0.2) is 60.7 Å². The van der Waals surface area contributed by atoms with E-state index >= 15 is 0 Å². The zero-order chi connectivity index (χ0) is 34.4. The fourth-order valence-electron chi connectivity index (χ4n) is 7.82. The van der Waals surface area contributed by atoms with Crippen molar-refractivity contribution in [2.24, 2.45) is 0 Å². The largest absolute Gasteiger partial charge is 0.544 e. The third kappa shape index (κ3) is 7.24. The third-order valence-electron chi connectivity index (χ3n) is 10.5. The highest BCUT2D eigenvalue weighted by Crippen LogP contribution is 2.53. The minimum atomic E-state index is -1.15. The number of methoxy groups -OCH3 is 3. The molecule has 4 aromatic rings. The zero-order valence-electron chi connectivity index (χ0n) is 29.4. The molecule has 8 rings (SSSR count). The van der Waals surface area contributed by atoms with Gasteiger partial charge in [-0.3, -0.25) is 4.90 Å². The molecular formula is C39H44Br2N2O8. The van der Waals surface area contributed by atoms with Gasteiger partial charge < -0.3 is 43.2 Å². The van der Waals surface area contributed by atoms with E-state index in [1.54, 1.807) is 14.2 Å². The topological polar surface area (TPSA) is 110 Å². The molecule has 1 N–H and O–H groups in total. The number of carbonyl (C=O) groups excluding carboxylic acids is 1. The molecule has 4 aliphatic rings. The van der Waals surface area contributed by atoms with Gasteiger partial charge in [-0.05, 0) is 90.2 Å². The van der Waals surface area contributed by atoms with Crippen LogP contribution in [0.5, 0.6) is 46.0 Å². The van der Waals surface area contributed by atoms with E-state index in [0.29, 0.717) is 48.1 Å². The van der Waals surface area contributed by atoms with Crippen molar-refractivity contribution >= 4 is 39.9 Å². The summed E-state index contributed by atoms with van der Waals surface area (Å²) in [6.07, 6.45) is 2.57. The van der Waals surface area contributed by atoms with Gasteiger partial charge in [0, 0.05) is 25.4 Å². The van der Waals surface area contributed by atoms with Crippen LogP contribution in [-0.4, -0.2) is 75.5 Å². The first kappa shape index (κ1) is 38.3. The van der Waals surface area contributed by atoms with E-state index in [2.05, 4.69) is 24.1 Å². The number of ether oxygens (including phenoxy) is 5. The van der Waals surface area contributed by atoms with Gasteiger partial charge in [0.1, 0.15) is 18.3 Å². The van der Waals surface area contributed by atoms with Gasteiger partial charge in [0.25, 0.3) is 0 Å². The lowest BCUT2D eigenvalue weighted by molar-refractivity contribution is -0.936. The van der Waals surface area contributed by atoms with Gasteiger partial charge in [-0.15, -0.1) is 34.0 Å². The Balaban J connectivity index is 0.00000252. The molecule has 0 amide bonds. The fraction of sp³-hybridized carbons (Fsp3) is 0.359. The minimum absolute atomic E-state index is 0. The van der Waals surface area contributed by atoms with Crippen molar-refractivity contribution in [1.29, 1.82) is 0 Å². The molecule has 3 atom stereocenters. The lowest BCUT2D eigenvalue weighted by Gasteiger charge is -2.46. The Labute approximate surface area is 319 Å². The molecule has 0 fully saturated rings. The average molecular weight is 829 g/mol. The maximum absolute atomic E-state index is 12.3. The Morgan fingerprint density at radius 3 is 2.22 bits per heavy atom. The van der Waals surface area contributed by atoms with Crippen molar-refractivity contribution in [3.05, 3.63) is 94.0 Å². The molecule has 4 heterocycles. The SMILES string of the molecule is Br.Br.COc1ccc2cc1Oc1ccc(cc1)CC1c3cc(c(OC)cc3CCN1C)Oc1c(O)c(OC)cc3c1C(C2)[N+](C)(CC(=O)[O-])CC3. The van der Waals surface area contributed by atoms with Crippen molar-refractivity contribution in [2.45, 2.75) is 37.8 Å². The first-order chi connectivity index (χ1) is 23.6. The number of phenolic OH excluding ortho intramolecular Hbond substituents is 1. The Hall–Kier alpha value is -3.97. The maximum Gasteiger partial charge on any atom is 0.201 e. The molecule has 51 heavy (non-hydrogen) atoms. The number of phenols is 1. The highest BCUT2D eigenvalue weighted by Gasteiger charge is 2.43. The summed E-state index contributed by atoms with van der Waals surface area (Å²) in [6, 6.07) is 19.4. The summed E-state index contributed by atoms with van der Waals surface area (Å²) >= 11 is 0. The Morgan fingerprint density at radius 1 is 0.863 bits per heavy atom. The quantitative estimate of drug-likeness (QED) is 0.233. The summed E-state index contributed by atoms with van der Waals surface area (Å²) in [7, 11) is 8.78. The van der Waals surface area contributed by atoms with Gasteiger partial charge >= 0.3 is 0 Å². The normalized spacial score (nSPS) is 20.5. The molecule has 4 aliphatic heterocycles. The second-order valence-electron chi connectivity index (χ2n) is 13.5. The number of carboxylic acids is 1. The Kier molecular flexibility index (Phi) is 11.5. The van der Waals surface area contributed by atoms with Crippen LogP contribution in [0.25, 0.3) is 0 Å². The summed E-state index contributed by atoms with van der Waals surface area (Å²) in [5, 5.41) is 24.1. The Morgan fingerprint density at radius 2 is 1.53 bits per heavy atom. The van der Waals surface area contributed by atoms with E-state index in [4.69, 9.17) is 23.7 Å². The molecule has 0 aliphatic carbocycles. The molecule has 0 saturated carbocycles. The molecule has 12 heteroatoms. The number of fused-ring (bicyclic) bond motifs is 2. The summed E-state index contributed by atoms with van der Waals surface area (Å²) in [6.45, 7) is 1.19. The van der Waals surface area contributed by atoms with Crippen molar-refractivity contribution in [3.63, 3.8) is 0 Å². The van der Waals surface area contributed by atoms with E-state index < -0.39 is 12.0 Å². The number of hydrogen-bond donors (Lipinski definition) is 1. The smallest absolute Gasteiger partial charge is 0.201 e. The predicted octanol–water partition coefficient (Wildman–Crippen LogP) is 6.28. The lowest BCUT2D eigenvalue weighted by atomic mass is 9.85. The van der Waals surface area contributed by atoms with E-state index in [1.807, 2.05) is 55.6 Å². The number of aliphatic carboxylic acids is 1. The Bertz CT molecular complexity index is 1920. The number of rotatable bonds is 5. The van der Waals surface area contributed by atoms with Crippen LogP contribution in [-0.2, 0) is 30.5 Å². The molecule has 6 bridgehead atoms. The van der Waals surface area contributed by atoms with Crippen molar-refractivity contribution in [1.82, 2.24) is 4.90 Å². The minimum Gasteiger partial charge on any atom is -0.544 e. The number of carboxylic acid groups (broad SMARTS) is 1. The number of nitrogens with zero attached hydrogens (tertiary/aromatic N) is 2. The van der Waals surface area contributed by atoms with Gasteiger partial charge in [-0.25, -0.2) is 0 Å². The van der Waals surface area contributed by atoms with E-state index in [9.17, 15) is 15.0 Å². The van der Waals surface area contributed by atoms with Crippen LogP contribution in [0.2, 0.25) is 0 Å². The van der Waals surface area contributed by atoms with Crippen molar-refractivity contribution in [3.8, 4) is 46.0 Å². The average Bonchev–Trinajstić information content (AvgIpc) is 3.08. The molecule has 0 spiro atoms. The van der Waals surface area contributed by atoms with Crippen LogP contribution in [0, 0.1) is 0 Å². The standard InChI is InChI=1S/C39H42N2O8.2BrH/c1-40-14-12-25-19-32(46-4)34-21-28(25)29(40)16-23-6-9-27(10-7-23)48-33-18-24(8-11-31(33)45-3)17-30-37-26(13-15-41(30,2)22-36(42)43)20-35(47-5)38(44)39(37)49-34;;/h6-11,18-21,29-30H,12-17,22H2,1-5H3,(H-,42,43,44);2*1H. The predicted molar refractivity (Wildman–Crippen MR) is 202 cm³/mol. The summed E-state index contributed by atoms with van der Waals surface area (Å²) in [5.41, 5.74) is 5.99. The number of hydrogen-bond acceptors (Lipinski definition) is 9. The van der Waals surface area contributed by atoms with Gasteiger partial charge in [0.15, 0.2) is 34.5 Å². The van der Waals surface area contributed by atoms with Crippen LogP contribution in [0.1, 0.15) is 45.5 Å². The summed E-state index contributed by atoms with van der Waals surface area (Å²) < 4.78 is 30.6. The molecule has 4 aromatic carbocycles. The summed E-state index contributed by atoms with van der Waals surface area (Å²) in [4.78, 5) is 14.6. The summed E-state index contributed by atoms with van der Waals surface area (Å²) in [5.74, 6) is 2.00. The monoisotopic (exact) mass is 826 g/mol. The van der Waals surface area contributed by atoms with Gasteiger partial charge in [0.2, 0.25) is 5.75 Å². The third-order valence-corrected chi connectivity index (χ3v) is 10.5. The highest BCUT2D eigenvalue weighted by atomic mass is 79.9. The van der Waals surface area contributed by atoms with E-state index in [0.717, 1.165) is 47.2 Å². The second-order valence-corrected chi connectivity index (χ2v) is 13.5. The van der Waals surface area contributed by atoms with Gasteiger partial charge in [0.05, 0.1) is 46.5 Å². The number of halogens is 2. The van der Waals surface area contributed by atoms with Crippen LogP contribution in [0.4, 0.5) is 0 Å². The molecule has 0 saturated heterocycles.